The van der Waals surface area contributed by atoms with E-state index in [0.717, 1.165) is 0 Å². The molecule has 0 radical (unpaired) electrons. The molecule has 0 bridgehead atoms. The van der Waals surface area contributed by atoms with Crippen molar-refractivity contribution in [2.24, 2.45) is 0 Å². The Morgan fingerprint density at radius 3 is 1.37 bits per heavy atom. The van der Waals surface area contributed by atoms with E-state index in [1.807, 2.05) is 0 Å². The van der Waals surface area contributed by atoms with Gasteiger partial charge in [0.05, 0.1) is 26.2 Å². The minimum Gasteiger partial charge on any atom is -0.768 e. The van der Waals surface area contributed by atoms with Gasteiger partial charge in [-0.2, -0.15) is 0 Å². The van der Waals surface area contributed by atoms with Crippen molar-refractivity contribution >= 4 is 22.7 Å². The summed E-state index contributed by atoms with van der Waals surface area (Å²) >= 11 is 3.37. The number of unbranched alkanes of at least 4 members (excludes halogenated alkanes) is 4. The maximum absolute atomic E-state index is 10.3. The average Bonchev–Trinajstić information content (AvgIpc) is 2.68. The number of hydrogen-bond acceptors (Lipinski definition) is 2. The molecule has 0 N–H and O–H groups in total. The molecule has 3 nitrogen and oxygen atoms in total. The van der Waals surface area contributed by atoms with E-state index in [1.54, 1.807) is 0 Å². The zero-order chi connectivity index (χ0) is 20.5. The van der Waals surface area contributed by atoms with Gasteiger partial charge < -0.3 is 9.04 Å². The van der Waals surface area contributed by atoms with Crippen molar-refractivity contribution in [2.75, 3.05) is 26.2 Å². The maximum atomic E-state index is 10.3. The van der Waals surface area contributed by atoms with Crippen molar-refractivity contribution in [3.63, 3.8) is 0 Å². The lowest BCUT2D eigenvalue weighted by Gasteiger charge is -2.39. The molecule has 0 aliphatic rings. The van der Waals surface area contributed by atoms with Crippen molar-refractivity contribution in [2.45, 2.75) is 84.0 Å². The Morgan fingerprint density at radius 1 is 0.778 bits per heavy atom. The van der Waals surface area contributed by atoms with Crippen LogP contribution in [-0.4, -0.2) is 39.4 Å². The van der Waals surface area contributed by atoms with Crippen LogP contribution in [0, 0.1) is 0 Å². The monoisotopic (exact) mass is 417 g/mol. The van der Waals surface area contributed by atoms with Crippen LogP contribution < -0.4 is 0 Å². The highest BCUT2D eigenvalue weighted by Gasteiger charge is 2.24. The van der Waals surface area contributed by atoms with Crippen LogP contribution in [0.4, 0.5) is 0 Å². The first-order valence-corrected chi connectivity index (χ1v) is 12.1. The van der Waals surface area contributed by atoms with Crippen LogP contribution in [0.1, 0.15) is 79.1 Å². The highest BCUT2D eigenvalue weighted by Crippen LogP contribution is 2.16. The number of quaternary nitrogens is 1. The molecule has 1 aromatic rings. The molecule has 1 aromatic carbocycles. The quantitative estimate of drug-likeness (QED) is 0.268. The molecular weight excluding hydrogens is 378 g/mol. The second-order valence-electron chi connectivity index (χ2n) is 7.34. The topological polar surface area (TPSA) is 40.1 Å². The summed E-state index contributed by atoms with van der Waals surface area (Å²) in [6, 6.07) is 5.97. The van der Waals surface area contributed by atoms with Gasteiger partial charge in [0.15, 0.2) is 0 Å². The Morgan fingerprint density at radius 2 is 1.11 bits per heavy atom. The average molecular weight is 418 g/mol. The molecule has 158 valence electrons. The van der Waals surface area contributed by atoms with Crippen molar-refractivity contribution in [1.29, 1.82) is 0 Å². The molecule has 0 saturated carbocycles. The number of benzene rings is 1. The third-order valence-corrected chi connectivity index (χ3v) is 5.86. The summed E-state index contributed by atoms with van der Waals surface area (Å²) in [7, 11) is 0. The van der Waals surface area contributed by atoms with E-state index >= 15 is 0 Å². The Bertz CT molecular complexity index is 456. The fraction of sp³-hybridized carbons (Fsp3) is 0.727. The molecule has 5 heteroatoms. The minimum absolute atomic E-state index is 0.254. The first-order chi connectivity index (χ1) is 12.9. The second kappa shape index (κ2) is 16.5. The molecule has 27 heavy (non-hydrogen) atoms. The Labute approximate surface area is 175 Å². The highest BCUT2D eigenvalue weighted by atomic mass is 35.5. The standard InChI is InChI=1S/C16H36N.C6H5ClO2S/c1-5-9-13-17(14-10-6-2,15-11-7-3)16-12-8-4;7-5-1-3-6(4-2-5)10(8)9/h5-16H2,1-4H3;1-4H,(H,8,9)/q+1;/p-1. The van der Waals surface area contributed by atoms with Gasteiger partial charge in [-0.3, -0.25) is 4.21 Å². The summed E-state index contributed by atoms with van der Waals surface area (Å²) in [6.07, 6.45) is 11.1. The fourth-order valence-corrected chi connectivity index (χ4v) is 3.67. The van der Waals surface area contributed by atoms with E-state index in [1.165, 1.54) is 106 Å². The van der Waals surface area contributed by atoms with Gasteiger partial charge in [-0.15, -0.1) is 0 Å². The first kappa shape index (κ1) is 26.6. The normalized spacial score (nSPS) is 12.4. The fourth-order valence-electron chi connectivity index (χ4n) is 3.19. The van der Waals surface area contributed by atoms with Crippen molar-refractivity contribution in [3.05, 3.63) is 29.3 Å². The molecule has 0 spiro atoms. The first-order valence-electron chi connectivity index (χ1n) is 10.6. The number of hydrogen-bond donors (Lipinski definition) is 0. The second-order valence-corrected chi connectivity index (χ2v) is 8.72. The van der Waals surface area contributed by atoms with Gasteiger partial charge in [-0.05, 0) is 61.0 Å². The van der Waals surface area contributed by atoms with Gasteiger partial charge in [0.1, 0.15) is 0 Å². The van der Waals surface area contributed by atoms with Crippen LogP contribution in [0.5, 0.6) is 0 Å². The van der Waals surface area contributed by atoms with Crippen LogP contribution in [0.25, 0.3) is 0 Å². The summed E-state index contributed by atoms with van der Waals surface area (Å²) < 4.78 is 22.0. The summed E-state index contributed by atoms with van der Waals surface area (Å²) in [5, 5.41) is 0.536. The lowest BCUT2D eigenvalue weighted by atomic mass is 10.1. The number of halogens is 1. The lowest BCUT2D eigenvalue weighted by Crippen LogP contribution is -2.50. The Hall–Kier alpha value is -0.420. The van der Waals surface area contributed by atoms with E-state index in [0.29, 0.717) is 5.02 Å². The molecular formula is C22H40ClNO2S. The molecule has 1 rings (SSSR count). The molecule has 0 heterocycles. The summed E-state index contributed by atoms with van der Waals surface area (Å²) in [5.74, 6) is 0. The van der Waals surface area contributed by atoms with Crippen LogP contribution in [0.3, 0.4) is 0 Å². The van der Waals surface area contributed by atoms with Crippen LogP contribution in [-0.2, 0) is 11.1 Å². The Balaban J connectivity index is 0.000000569. The van der Waals surface area contributed by atoms with Crippen LogP contribution in [0.15, 0.2) is 29.2 Å². The van der Waals surface area contributed by atoms with E-state index in [4.69, 9.17) is 11.6 Å². The van der Waals surface area contributed by atoms with E-state index in [2.05, 4.69) is 27.7 Å². The van der Waals surface area contributed by atoms with Crippen molar-refractivity contribution in [3.8, 4) is 0 Å². The van der Waals surface area contributed by atoms with Crippen molar-refractivity contribution < 1.29 is 13.2 Å². The molecule has 0 amide bonds. The summed E-state index contributed by atoms with van der Waals surface area (Å²) in [5.41, 5.74) is 0. The highest BCUT2D eigenvalue weighted by molar-refractivity contribution is 7.79. The SMILES string of the molecule is CCCC[N+](CCCC)(CCCC)CCCC.O=S([O-])c1ccc(Cl)cc1. The molecule has 1 atom stereocenters. The molecule has 0 aromatic heterocycles. The molecule has 0 aliphatic carbocycles. The molecule has 0 aliphatic heterocycles. The van der Waals surface area contributed by atoms with Gasteiger partial charge in [0.2, 0.25) is 0 Å². The molecule has 1 unspecified atom stereocenters. The van der Waals surface area contributed by atoms with Crippen LogP contribution >= 0.6 is 11.6 Å². The lowest BCUT2D eigenvalue weighted by molar-refractivity contribution is -0.929. The predicted molar refractivity (Wildman–Crippen MR) is 118 cm³/mol. The van der Waals surface area contributed by atoms with E-state index in [9.17, 15) is 8.76 Å². The van der Waals surface area contributed by atoms with E-state index in [-0.39, 0.29) is 4.90 Å². The van der Waals surface area contributed by atoms with Gasteiger partial charge in [0.25, 0.3) is 0 Å². The number of rotatable bonds is 13. The zero-order valence-electron chi connectivity index (χ0n) is 17.8. The number of nitrogens with zero attached hydrogens (tertiary/aromatic N) is 1. The smallest absolute Gasteiger partial charge is 0.0786 e. The third-order valence-electron chi connectivity index (χ3n) is 4.95. The summed E-state index contributed by atoms with van der Waals surface area (Å²) in [6.45, 7) is 15.0. The maximum Gasteiger partial charge on any atom is 0.0786 e. The Kier molecular flexibility index (Phi) is 16.3. The zero-order valence-corrected chi connectivity index (χ0v) is 19.4. The third kappa shape index (κ3) is 12.6. The predicted octanol–water partition coefficient (Wildman–Crippen LogP) is 6.58. The van der Waals surface area contributed by atoms with E-state index < -0.39 is 11.1 Å². The van der Waals surface area contributed by atoms with Gasteiger partial charge in [-0.25, -0.2) is 0 Å². The van der Waals surface area contributed by atoms with Gasteiger partial charge in [0, 0.05) is 9.92 Å². The van der Waals surface area contributed by atoms with Crippen LogP contribution in [0.2, 0.25) is 5.02 Å². The van der Waals surface area contributed by atoms with Gasteiger partial charge in [-0.1, -0.05) is 65.0 Å². The van der Waals surface area contributed by atoms with Gasteiger partial charge >= 0.3 is 0 Å². The summed E-state index contributed by atoms with van der Waals surface area (Å²) in [4.78, 5) is 0.254. The molecule has 0 fully saturated rings. The molecule has 0 saturated heterocycles. The van der Waals surface area contributed by atoms with Crippen molar-refractivity contribution in [1.82, 2.24) is 0 Å². The minimum atomic E-state index is -2.15. The largest absolute Gasteiger partial charge is 0.768 e.